The number of carbonyl (C=O) groups is 1. The summed E-state index contributed by atoms with van der Waals surface area (Å²) in [5.41, 5.74) is 0.419. The Labute approximate surface area is 134 Å². The van der Waals surface area contributed by atoms with Crippen LogP contribution in [0.25, 0.3) is 0 Å². The number of thioether (sulfide) groups is 1. The van der Waals surface area contributed by atoms with Gasteiger partial charge in [0.05, 0.1) is 4.90 Å². The molecule has 0 radical (unpaired) electrons. The van der Waals surface area contributed by atoms with Crippen molar-refractivity contribution < 1.29 is 17.4 Å². The molecule has 116 valence electrons. The van der Waals surface area contributed by atoms with Crippen LogP contribution in [-0.2, 0) is 14.3 Å². The second-order valence-electron chi connectivity index (χ2n) is 4.60. The van der Waals surface area contributed by atoms with Gasteiger partial charge >= 0.3 is 0 Å². The van der Waals surface area contributed by atoms with Gasteiger partial charge in [-0.15, -0.1) is 11.8 Å². The van der Waals surface area contributed by atoms with E-state index in [0.29, 0.717) is 5.56 Å². The number of ketones is 1. The Morgan fingerprint density at radius 1 is 1.05 bits per heavy atom. The molecular weight excluding hydrogens is 320 g/mol. The molecule has 0 aliphatic heterocycles. The van der Waals surface area contributed by atoms with Gasteiger partial charge in [-0.2, -0.15) is 8.42 Å². The minimum absolute atomic E-state index is 0.0398. The minimum atomic E-state index is -3.97. The van der Waals surface area contributed by atoms with Crippen molar-refractivity contribution in [2.24, 2.45) is 0 Å². The maximum absolute atomic E-state index is 12.2. The highest BCUT2D eigenvalue weighted by atomic mass is 32.2. The summed E-state index contributed by atoms with van der Waals surface area (Å²) in [4.78, 5) is 13.2. The van der Waals surface area contributed by atoms with Crippen molar-refractivity contribution >= 4 is 27.7 Å². The third-order valence-electron chi connectivity index (χ3n) is 3.05. The lowest BCUT2D eigenvalue weighted by Gasteiger charge is -2.12. The van der Waals surface area contributed by atoms with E-state index in [0.717, 1.165) is 4.90 Å². The molecule has 0 fully saturated rings. The molecule has 1 unspecified atom stereocenters. The lowest BCUT2D eigenvalue weighted by molar-refractivity contribution is 0.0826. The normalized spacial score (nSPS) is 12.8. The summed E-state index contributed by atoms with van der Waals surface area (Å²) in [6.45, 7) is 1.43. The SMILES string of the molecule is CSc1ccc(S(=O)(=O)OC(C)C(=O)c2ccccc2)cc1. The Bertz CT molecular complexity index is 737. The first kappa shape index (κ1) is 16.7. The van der Waals surface area contributed by atoms with E-state index in [4.69, 9.17) is 4.18 Å². The van der Waals surface area contributed by atoms with Crippen molar-refractivity contribution in [3.05, 3.63) is 60.2 Å². The van der Waals surface area contributed by atoms with Crippen LogP contribution in [-0.4, -0.2) is 26.6 Å². The second kappa shape index (κ2) is 7.09. The zero-order chi connectivity index (χ0) is 16.2. The van der Waals surface area contributed by atoms with Crippen molar-refractivity contribution in [1.29, 1.82) is 0 Å². The fourth-order valence-corrected chi connectivity index (χ4v) is 3.33. The Morgan fingerprint density at radius 2 is 1.64 bits per heavy atom. The molecule has 0 amide bonds. The summed E-state index contributed by atoms with van der Waals surface area (Å²) in [5, 5.41) is 0. The highest BCUT2D eigenvalue weighted by molar-refractivity contribution is 7.98. The monoisotopic (exact) mass is 336 g/mol. The average Bonchev–Trinajstić information content (AvgIpc) is 2.54. The van der Waals surface area contributed by atoms with Crippen LogP contribution >= 0.6 is 11.8 Å². The topological polar surface area (TPSA) is 60.4 Å². The zero-order valence-corrected chi connectivity index (χ0v) is 13.9. The van der Waals surface area contributed by atoms with E-state index in [1.807, 2.05) is 6.26 Å². The van der Waals surface area contributed by atoms with Gasteiger partial charge in [0.15, 0.2) is 5.78 Å². The molecule has 0 spiro atoms. The Hall–Kier alpha value is -1.63. The number of hydrogen-bond donors (Lipinski definition) is 0. The third-order valence-corrected chi connectivity index (χ3v) is 5.18. The van der Waals surface area contributed by atoms with Crippen LogP contribution in [0.5, 0.6) is 0 Å². The van der Waals surface area contributed by atoms with Gasteiger partial charge in [-0.25, -0.2) is 0 Å². The largest absolute Gasteiger partial charge is 0.297 e. The average molecular weight is 336 g/mol. The molecule has 22 heavy (non-hydrogen) atoms. The maximum Gasteiger partial charge on any atom is 0.297 e. The van der Waals surface area contributed by atoms with Gasteiger partial charge in [-0.1, -0.05) is 30.3 Å². The first-order valence-corrected chi connectivity index (χ1v) is 9.24. The highest BCUT2D eigenvalue weighted by Crippen LogP contribution is 2.20. The molecule has 2 aromatic rings. The first-order valence-electron chi connectivity index (χ1n) is 6.60. The number of rotatable bonds is 6. The van der Waals surface area contributed by atoms with Gasteiger partial charge in [0, 0.05) is 10.5 Å². The minimum Gasteiger partial charge on any atom is -0.291 e. The van der Waals surface area contributed by atoms with E-state index in [9.17, 15) is 13.2 Å². The molecule has 2 rings (SSSR count). The molecule has 1 atom stereocenters. The van der Waals surface area contributed by atoms with Crippen molar-refractivity contribution in [2.75, 3.05) is 6.26 Å². The molecule has 0 bridgehead atoms. The van der Waals surface area contributed by atoms with Crippen LogP contribution in [0.15, 0.2) is 64.4 Å². The van der Waals surface area contributed by atoms with Crippen LogP contribution < -0.4 is 0 Å². The van der Waals surface area contributed by atoms with Crippen molar-refractivity contribution in [3.8, 4) is 0 Å². The summed E-state index contributed by atoms with van der Waals surface area (Å²) in [6, 6.07) is 14.8. The third kappa shape index (κ3) is 3.97. The molecule has 4 nitrogen and oxygen atoms in total. The molecule has 0 heterocycles. The summed E-state index contributed by atoms with van der Waals surface area (Å²) in [7, 11) is -3.97. The standard InChI is InChI=1S/C16H16O4S2/c1-12(16(17)13-6-4-3-5-7-13)20-22(18,19)15-10-8-14(21-2)9-11-15/h3-12H,1-2H3. The number of carbonyl (C=O) groups excluding carboxylic acids is 1. The lowest BCUT2D eigenvalue weighted by atomic mass is 10.1. The molecule has 0 aromatic heterocycles. The Kier molecular flexibility index (Phi) is 5.39. The van der Waals surface area contributed by atoms with E-state index in [2.05, 4.69) is 0 Å². The number of Topliss-reactive ketones (excluding diaryl/α,β-unsaturated/α-hetero) is 1. The number of benzene rings is 2. The molecule has 0 saturated carbocycles. The van der Waals surface area contributed by atoms with E-state index in [1.54, 1.807) is 42.5 Å². The van der Waals surface area contributed by atoms with Gasteiger partial charge in [-0.05, 0) is 37.4 Å². The predicted molar refractivity (Wildman–Crippen MR) is 86.7 cm³/mol. The van der Waals surface area contributed by atoms with Crippen molar-refractivity contribution in [2.45, 2.75) is 22.8 Å². The zero-order valence-electron chi connectivity index (χ0n) is 12.2. The fraction of sp³-hybridized carbons (Fsp3) is 0.188. The van der Waals surface area contributed by atoms with E-state index >= 15 is 0 Å². The molecule has 0 N–H and O–H groups in total. The molecule has 0 aliphatic carbocycles. The molecular formula is C16H16O4S2. The summed E-state index contributed by atoms with van der Waals surface area (Å²) in [5.74, 6) is -0.370. The molecule has 0 aliphatic rings. The lowest BCUT2D eigenvalue weighted by Crippen LogP contribution is -2.24. The Balaban J connectivity index is 2.15. The van der Waals surface area contributed by atoms with Gasteiger partial charge in [0.1, 0.15) is 6.10 Å². The summed E-state index contributed by atoms with van der Waals surface area (Å²) >= 11 is 1.51. The number of hydrogen-bond acceptors (Lipinski definition) is 5. The van der Waals surface area contributed by atoms with Crippen LogP contribution in [0.4, 0.5) is 0 Å². The summed E-state index contributed by atoms with van der Waals surface area (Å²) < 4.78 is 29.4. The first-order chi connectivity index (χ1) is 10.4. The molecule has 0 saturated heterocycles. The van der Waals surface area contributed by atoms with Crippen LogP contribution in [0.1, 0.15) is 17.3 Å². The van der Waals surface area contributed by atoms with Gasteiger partial charge in [0.25, 0.3) is 10.1 Å². The molecule has 2 aromatic carbocycles. The highest BCUT2D eigenvalue weighted by Gasteiger charge is 2.24. The maximum atomic E-state index is 12.2. The van der Waals surface area contributed by atoms with Crippen molar-refractivity contribution in [1.82, 2.24) is 0 Å². The van der Waals surface area contributed by atoms with Crippen molar-refractivity contribution in [3.63, 3.8) is 0 Å². The predicted octanol–water partition coefficient (Wildman–Crippen LogP) is 3.39. The summed E-state index contributed by atoms with van der Waals surface area (Å²) in [6.07, 6.45) is 0.827. The quantitative estimate of drug-likeness (QED) is 0.460. The Morgan fingerprint density at radius 3 is 2.18 bits per heavy atom. The van der Waals surface area contributed by atoms with E-state index in [-0.39, 0.29) is 10.7 Å². The van der Waals surface area contributed by atoms with E-state index < -0.39 is 16.2 Å². The van der Waals surface area contributed by atoms with Gasteiger partial charge in [0.2, 0.25) is 0 Å². The second-order valence-corrected chi connectivity index (χ2v) is 7.05. The van der Waals surface area contributed by atoms with Crippen LogP contribution in [0, 0.1) is 0 Å². The fourth-order valence-electron chi connectivity index (χ4n) is 1.87. The molecule has 6 heteroatoms. The van der Waals surface area contributed by atoms with Gasteiger partial charge in [-0.3, -0.25) is 8.98 Å². The van der Waals surface area contributed by atoms with Gasteiger partial charge < -0.3 is 0 Å². The smallest absolute Gasteiger partial charge is 0.291 e. The van der Waals surface area contributed by atoms with Crippen LogP contribution in [0.3, 0.4) is 0 Å². The van der Waals surface area contributed by atoms with E-state index in [1.165, 1.54) is 30.8 Å². The van der Waals surface area contributed by atoms with Crippen LogP contribution in [0.2, 0.25) is 0 Å².